The van der Waals surface area contributed by atoms with Crippen LogP contribution in [0.15, 0.2) is 24.3 Å². The summed E-state index contributed by atoms with van der Waals surface area (Å²) in [5.41, 5.74) is 2.58. The Balaban J connectivity index is 1.67. The summed E-state index contributed by atoms with van der Waals surface area (Å²) in [5, 5.41) is 7.74. The fourth-order valence-electron chi connectivity index (χ4n) is 3.75. The highest BCUT2D eigenvalue weighted by atomic mass is 32.2. The van der Waals surface area contributed by atoms with Crippen molar-refractivity contribution in [1.82, 2.24) is 9.78 Å². The minimum absolute atomic E-state index is 0.0554. The molecular weight excluding hydrogens is 350 g/mol. The van der Waals surface area contributed by atoms with Gasteiger partial charge in [-0.3, -0.25) is 9.00 Å². The normalized spacial score (nSPS) is 20.0. The Kier molecular flexibility index (Phi) is 4.80. The lowest BCUT2D eigenvalue weighted by atomic mass is 9.88. The summed E-state index contributed by atoms with van der Waals surface area (Å²) in [7, 11) is 0.693. The van der Waals surface area contributed by atoms with Crippen LogP contribution >= 0.6 is 0 Å². The maximum absolute atomic E-state index is 12.8. The molecule has 2 heterocycles. The van der Waals surface area contributed by atoms with Crippen molar-refractivity contribution < 1.29 is 13.7 Å². The Hall–Kier alpha value is -2.15. The first-order chi connectivity index (χ1) is 12.7. The van der Waals surface area contributed by atoms with Crippen LogP contribution in [0.25, 0.3) is 5.69 Å². The zero-order valence-electron chi connectivity index (χ0n) is 14.9. The number of ether oxygens (including phenoxy) is 1. The van der Waals surface area contributed by atoms with Gasteiger partial charge >= 0.3 is 0 Å². The molecule has 1 unspecified atom stereocenters. The van der Waals surface area contributed by atoms with Crippen LogP contribution in [0.2, 0.25) is 0 Å². The van der Waals surface area contributed by atoms with E-state index in [4.69, 9.17) is 4.74 Å². The first kappa shape index (κ1) is 17.3. The van der Waals surface area contributed by atoms with Gasteiger partial charge in [0.25, 0.3) is 0 Å². The van der Waals surface area contributed by atoms with E-state index in [1.54, 1.807) is 11.8 Å². The van der Waals surface area contributed by atoms with Gasteiger partial charge in [0.1, 0.15) is 11.6 Å². The van der Waals surface area contributed by atoms with Crippen molar-refractivity contribution in [2.45, 2.75) is 43.6 Å². The predicted molar refractivity (Wildman–Crippen MR) is 101 cm³/mol. The molecule has 6 nitrogen and oxygen atoms in total. The smallest absolute Gasteiger partial charge is 0.228 e. The maximum atomic E-state index is 12.8. The van der Waals surface area contributed by atoms with Crippen LogP contribution < -0.4 is 10.1 Å². The Bertz CT molecular complexity index is 838. The number of amides is 1. The van der Waals surface area contributed by atoms with E-state index in [0.717, 1.165) is 48.4 Å². The summed E-state index contributed by atoms with van der Waals surface area (Å²) in [6, 6.07) is 7.56. The van der Waals surface area contributed by atoms with Crippen LogP contribution in [-0.4, -0.2) is 27.0 Å². The Morgan fingerprint density at radius 2 is 1.92 bits per heavy atom. The van der Waals surface area contributed by atoms with E-state index in [2.05, 4.69) is 10.4 Å². The summed E-state index contributed by atoms with van der Waals surface area (Å²) in [6.45, 7) is 0. The third-order valence-electron chi connectivity index (χ3n) is 5.20. The van der Waals surface area contributed by atoms with Crippen LogP contribution in [0.1, 0.15) is 43.4 Å². The van der Waals surface area contributed by atoms with Gasteiger partial charge in [0.2, 0.25) is 5.91 Å². The predicted octanol–water partition coefficient (Wildman–Crippen LogP) is 3.16. The quantitative estimate of drug-likeness (QED) is 0.893. The van der Waals surface area contributed by atoms with Crippen LogP contribution in [0.5, 0.6) is 5.75 Å². The van der Waals surface area contributed by atoms with Crippen molar-refractivity contribution in [3.05, 3.63) is 35.5 Å². The summed E-state index contributed by atoms with van der Waals surface area (Å²) >= 11 is 0. The molecule has 1 aromatic heterocycles. The van der Waals surface area contributed by atoms with Gasteiger partial charge < -0.3 is 10.1 Å². The maximum Gasteiger partial charge on any atom is 0.228 e. The van der Waals surface area contributed by atoms with E-state index in [1.807, 2.05) is 24.3 Å². The van der Waals surface area contributed by atoms with Crippen LogP contribution in [0, 0.1) is 5.92 Å². The van der Waals surface area contributed by atoms with E-state index in [1.165, 1.54) is 6.42 Å². The van der Waals surface area contributed by atoms with Gasteiger partial charge in [0.05, 0.1) is 30.0 Å². The zero-order valence-corrected chi connectivity index (χ0v) is 15.7. The molecule has 1 aliphatic heterocycles. The summed E-state index contributed by atoms with van der Waals surface area (Å²) in [6.07, 6.45) is 5.31. The first-order valence-electron chi connectivity index (χ1n) is 9.06. The van der Waals surface area contributed by atoms with E-state index < -0.39 is 10.8 Å². The Morgan fingerprint density at radius 1 is 1.19 bits per heavy atom. The minimum atomic E-state index is -0.935. The molecule has 26 heavy (non-hydrogen) atoms. The number of carbonyl (C=O) groups is 1. The topological polar surface area (TPSA) is 73.2 Å². The number of carbonyl (C=O) groups excluding carboxylic acids is 1. The second-order valence-electron chi connectivity index (χ2n) is 6.94. The molecule has 1 amide bonds. The number of hydrogen-bond acceptors (Lipinski definition) is 4. The minimum Gasteiger partial charge on any atom is -0.497 e. The average Bonchev–Trinajstić information content (AvgIpc) is 3.19. The number of nitrogens with one attached hydrogen (secondary N) is 1. The first-order valence-corrected chi connectivity index (χ1v) is 10.6. The van der Waals surface area contributed by atoms with Gasteiger partial charge in [-0.15, -0.1) is 0 Å². The van der Waals surface area contributed by atoms with Gasteiger partial charge in [-0.2, -0.15) is 5.10 Å². The monoisotopic (exact) mass is 373 g/mol. The van der Waals surface area contributed by atoms with Crippen molar-refractivity contribution in [2.24, 2.45) is 5.92 Å². The summed E-state index contributed by atoms with van der Waals surface area (Å²) < 4.78 is 18.9. The molecule has 4 rings (SSSR count). The number of benzene rings is 1. The van der Waals surface area contributed by atoms with Crippen molar-refractivity contribution in [3.8, 4) is 11.4 Å². The number of nitrogens with zero attached hydrogens (tertiary/aromatic N) is 2. The molecule has 2 aromatic rings. The molecule has 1 N–H and O–H groups in total. The third-order valence-corrected chi connectivity index (χ3v) is 6.41. The third kappa shape index (κ3) is 3.28. The lowest BCUT2D eigenvalue weighted by Gasteiger charge is -2.21. The molecule has 2 aliphatic rings. The second kappa shape index (κ2) is 7.23. The van der Waals surface area contributed by atoms with Crippen LogP contribution in [0.4, 0.5) is 5.82 Å². The molecule has 7 heteroatoms. The van der Waals surface area contributed by atoms with Crippen LogP contribution in [-0.2, 0) is 27.1 Å². The van der Waals surface area contributed by atoms with Gasteiger partial charge in [0, 0.05) is 22.3 Å². The molecule has 0 saturated heterocycles. The largest absolute Gasteiger partial charge is 0.497 e. The molecule has 138 valence electrons. The molecular formula is C19H23N3O3S. The van der Waals surface area contributed by atoms with Crippen LogP contribution in [0.3, 0.4) is 0 Å². The van der Waals surface area contributed by atoms with Gasteiger partial charge in [-0.05, 0) is 37.1 Å². The van der Waals surface area contributed by atoms with E-state index in [-0.39, 0.29) is 11.8 Å². The summed E-state index contributed by atoms with van der Waals surface area (Å²) in [5.74, 6) is 2.45. The van der Waals surface area contributed by atoms with E-state index >= 15 is 0 Å². The van der Waals surface area contributed by atoms with Gasteiger partial charge in [-0.1, -0.05) is 19.3 Å². The fraction of sp³-hybridized carbons (Fsp3) is 0.474. The van der Waals surface area contributed by atoms with Gasteiger partial charge in [0.15, 0.2) is 0 Å². The van der Waals surface area contributed by atoms with E-state index in [9.17, 15) is 9.00 Å². The Labute approximate surface area is 155 Å². The number of rotatable bonds is 4. The number of methoxy groups -OCH3 is 1. The number of anilines is 1. The number of hydrogen-bond donors (Lipinski definition) is 1. The average molecular weight is 373 g/mol. The lowest BCUT2D eigenvalue weighted by Crippen LogP contribution is -2.26. The molecule has 1 saturated carbocycles. The molecule has 1 aromatic carbocycles. The standard InChI is InChI=1S/C19H23N3O3S/c1-25-15-9-7-14(8-10-15)22-18(16-11-26(24)12-17(16)21-22)20-19(23)13-5-3-2-4-6-13/h7-10,13H,2-6,11-12H2,1H3,(H,20,23). The molecule has 0 bridgehead atoms. The number of aromatic nitrogens is 2. The molecule has 1 atom stereocenters. The van der Waals surface area contributed by atoms with Crippen molar-refractivity contribution in [3.63, 3.8) is 0 Å². The lowest BCUT2D eigenvalue weighted by molar-refractivity contribution is -0.120. The molecule has 1 aliphatic carbocycles. The zero-order chi connectivity index (χ0) is 18.1. The molecule has 0 spiro atoms. The highest BCUT2D eigenvalue weighted by Gasteiger charge is 2.30. The number of fused-ring (bicyclic) bond motifs is 1. The SMILES string of the molecule is COc1ccc(-n2nc3c(c2NC(=O)C2CCCCC2)CS(=O)C3)cc1. The van der Waals surface area contributed by atoms with Crippen molar-refractivity contribution in [1.29, 1.82) is 0 Å². The van der Waals surface area contributed by atoms with Crippen molar-refractivity contribution >= 4 is 22.5 Å². The fourth-order valence-corrected chi connectivity index (χ4v) is 5.01. The Morgan fingerprint density at radius 3 is 2.62 bits per heavy atom. The summed E-state index contributed by atoms with van der Waals surface area (Å²) in [4.78, 5) is 12.8. The van der Waals surface area contributed by atoms with Gasteiger partial charge in [-0.25, -0.2) is 4.68 Å². The second-order valence-corrected chi connectivity index (χ2v) is 8.39. The van der Waals surface area contributed by atoms with E-state index in [0.29, 0.717) is 17.3 Å². The van der Waals surface area contributed by atoms with Crippen molar-refractivity contribution in [2.75, 3.05) is 12.4 Å². The molecule has 0 radical (unpaired) electrons. The molecule has 1 fully saturated rings. The highest BCUT2D eigenvalue weighted by Crippen LogP contribution is 2.33. The highest BCUT2D eigenvalue weighted by molar-refractivity contribution is 7.83.